The van der Waals surface area contributed by atoms with Gasteiger partial charge >= 0.3 is 0 Å². The van der Waals surface area contributed by atoms with Crippen LogP contribution in [0.4, 0.5) is 0 Å². The molecule has 0 saturated carbocycles. The minimum atomic E-state index is -0.291. The van der Waals surface area contributed by atoms with Gasteiger partial charge < -0.3 is 10.2 Å². The largest absolute Gasteiger partial charge is 0.349 e. The summed E-state index contributed by atoms with van der Waals surface area (Å²) in [6.45, 7) is 4.90. The maximum absolute atomic E-state index is 12.2. The van der Waals surface area contributed by atoms with Crippen molar-refractivity contribution in [3.8, 4) is 0 Å². The molecule has 0 bridgehead atoms. The van der Waals surface area contributed by atoms with Gasteiger partial charge in [-0.25, -0.2) is 4.98 Å². The number of aromatic nitrogens is 1. The van der Waals surface area contributed by atoms with Gasteiger partial charge in [0.1, 0.15) is 10.8 Å². The lowest BCUT2D eigenvalue weighted by Crippen LogP contribution is -2.44. The molecule has 1 heterocycles. The number of halogens is 2. The second-order valence-electron chi connectivity index (χ2n) is 5.28. The van der Waals surface area contributed by atoms with Crippen LogP contribution in [0.1, 0.15) is 37.2 Å². The molecule has 118 valence electrons. The summed E-state index contributed by atoms with van der Waals surface area (Å²) in [5.41, 5.74) is 0.172. The van der Waals surface area contributed by atoms with Crippen LogP contribution < -0.4 is 5.32 Å². The number of likely N-dealkylation sites (N-methyl/N-ethyl adjacent to an activating group) is 1. The Balaban J connectivity index is 2.75. The number of carbonyl (C=O) groups excluding carboxylic acids is 1. The minimum absolute atomic E-state index is 0.172. The van der Waals surface area contributed by atoms with Crippen LogP contribution >= 0.6 is 23.2 Å². The second-order valence-corrected chi connectivity index (χ2v) is 6.08. The fourth-order valence-corrected chi connectivity index (χ4v) is 2.80. The molecule has 1 atom stereocenters. The molecule has 6 heteroatoms. The van der Waals surface area contributed by atoms with E-state index in [1.165, 1.54) is 0 Å². The lowest BCUT2D eigenvalue weighted by molar-refractivity contribution is 0.0924. The third-order valence-electron chi connectivity index (χ3n) is 3.76. The first-order valence-corrected chi connectivity index (χ1v) is 7.92. The van der Waals surface area contributed by atoms with Gasteiger partial charge in [0.05, 0.1) is 5.02 Å². The van der Waals surface area contributed by atoms with Crippen LogP contribution in [0.5, 0.6) is 0 Å². The molecule has 1 amide bonds. The molecule has 0 saturated heterocycles. The van der Waals surface area contributed by atoms with E-state index in [9.17, 15) is 4.79 Å². The van der Waals surface area contributed by atoms with Gasteiger partial charge in [-0.1, -0.05) is 49.9 Å². The van der Waals surface area contributed by atoms with E-state index in [-0.39, 0.29) is 22.8 Å². The molecular weight excluding hydrogens is 309 g/mol. The highest BCUT2D eigenvalue weighted by molar-refractivity contribution is 6.34. The van der Waals surface area contributed by atoms with Gasteiger partial charge in [-0.3, -0.25) is 4.79 Å². The lowest BCUT2D eigenvalue weighted by Gasteiger charge is -2.31. The number of hydrogen-bond donors (Lipinski definition) is 1. The summed E-state index contributed by atoms with van der Waals surface area (Å²) in [5.74, 6) is 0.239. The van der Waals surface area contributed by atoms with Crippen molar-refractivity contribution in [2.75, 3.05) is 20.6 Å². The maximum atomic E-state index is 12.2. The molecule has 1 N–H and O–H groups in total. The average molecular weight is 332 g/mol. The van der Waals surface area contributed by atoms with Crippen LogP contribution in [-0.2, 0) is 0 Å². The average Bonchev–Trinajstić information content (AvgIpc) is 2.45. The summed E-state index contributed by atoms with van der Waals surface area (Å²) < 4.78 is 0. The predicted octanol–water partition coefficient (Wildman–Crippen LogP) is 3.48. The van der Waals surface area contributed by atoms with E-state index >= 15 is 0 Å². The van der Waals surface area contributed by atoms with Gasteiger partial charge in [-0.15, -0.1) is 0 Å². The number of nitrogens with one attached hydrogen (secondary N) is 1. The third-order valence-corrected chi connectivity index (χ3v) is 4.27. The zero-order valence-corrected chi connectivity index (χ0v) is 14.5. The van der Waals surface area contributed by atoms with Crippen molar-refractivity contribution in [2.24, 2.45) is 5.92 Å². The molecule has 0 fully saturated rings. The highest BCUT2D eigenvalue weighted by Crippen LogP contribution is 2.18. The van der Waals surface area contributed by atoms with Gasteiger partial charge in [0.2, 0.25) is 0 Å². The van der Waals surface area contributed by atoms with Crippen molar-refractivity contribution in [1.29, 1.82) is 0 Å². The Morgan fingerprint density at radius 1 is 1.29 bits per heavy atom. The van der Waals surface area contributed by atoms with Crippen molar-refractivity contribution >= 4 is 29.1 Å². The standard InChI is InChI=1S/C15H23Cl2N3O/c1-5-10(6-2)12(20(3)4)9-18-15(21)14-11(16)7-8-13(17)19-14/h7-8,10,12H,5-6,9H2,1-4H3,(H,18,21). The second kappa shape index (κ2) is 8.57. The summed E-state index contributed by atoms with van der Waals surface area (Å²) in [7, 11) is 4.06. The maximum Gasteiger partial charge on any atom is 0.271 e. The molecule has 0 aliphatic rings. The topological polar surface area (TPSA) is 45.2 Å². The Labute approximate surface area is 136 Å². The van der Waals surface area contributed by atoms with Crippen molar-refractivity contribution in [1.82, 2.24) is 15.2 Å². The Hall–Kier alpha value is -0.840. The van der Waals surface area contributed by atoms with Gasteiger partial charge in [0.25, 0.3) is 5.91 Å². The van der Waals surface area contributed by atoms with Crippen molar-refractivity contribution in [3.05, 3.63) is 28.0 Å². The van der Waals surface area contributed by atoms with Crippen molar-refractivity contribution < 1.29 is 4.79 Å². The normalized spacial score (nSPS) is 12.8. The smallest absolute Gasteiger partial charge is 0.271 e. The Bertz CT molecular complexity index is 476. The molecule has 0 spiro atoms. The lowest BCUT2D eigenvalue weighted by atomic mass is 9.93. The number of pyridine rings is 1. The van der Waals surface area contributed by atoms with Gasteiger partial charge in [-0.05, 0) is 32.1 Å². The van der Waals surface area contributed by atoms with Crippen molar-refractivity contribution in [3.63, 3.8) is 0 Å². The Kier molecular flexibility index (Phi) is 7.43. The van der Waals surface area contributed by atoms with Gasteiger partial charge in [0, 0.05) is 12.6 Å². The monoisotopic (exact) mass is 331 g/mol. The minimum Gasteiger partial charge on any atom is -0.349 e. The highest BCUT2D eigenvalue weighted by atomic mass is 35.5. The molecule has 0 aliphatic heterocycles. The third kappa shape index (κ3) is 5.13. The Morgan fingerprint density at radius 3 is 2.43 bits per heavy atom. The van der Waals surface area contributed by atoms with E-state index in [2.05, 4.69) is 29.0 Å². The molecular formula is C15H23Cl2N3O. The van der Waals surface area contributed by atoms with E-state index in [4.69, 9.17) is 23.2 Å². The Morgan fingerprint density at radius 2 is 1.90 bits per heavy atom. The van der Waals surface area contributed by atoms with Crippen LogP contribution in [0, 0.1) is 5.92 Å². The van der Waals surface area contributed by atoms with Gasteiger partial charge in [-0.2, -0.15) is 0 Å². The number of rotatable bonds is 7. The van der Waals surface area contributed by atoms with E-state index in [1.807, 2.05) is 14.1 Å². The first-order valence-electron chi connectivity index (χ1n) is 7.17. The molecule has 0 aromatic carbocycles. The van der Waals surface area contributed by atoms with E-state index < -0.39 is 0 Å². The molecule has 1 unspecified atom stereocenters. The fraction of sp³-hybridized carbons (Fsp3) is 0.600. The number of hydrogen-bond acceptors (Lipinski definition) is 3. The van der Waals surface area contributed by atoms with Crippen LogP contribution in [-0.4, -0.2) is 42.5 Å². The number of amides is 1. The molecule has 1 aromatic heterocycles. The fourth-order valence-electron chi connectivity index (χ4n) is 2.46. The quantitative estimate of drug-likeness (QED) is 0.778. The highest BCUT2D eigenvalue weighted by Gasteiger charge is 2.22. The summed E-state index contributed by atoms with van der Waals surface area (Å²) >= 11 is 11.8. The molecule has 1 rings (SSSR count). The number of carbonyl (C=O) groups is 1. The first kappa shape index (κ1) is 18.2. The van der Waals surface area contributed by atoms with Crippen LogP contribution in [0.3, 0.4) is 0 Å². The van der Waals surface area contributed by atoms with Crippen LogP contribution in [0.2, 0.25) is 10.2 Å². The summed E-state index contributed by atoms with van der Waals surface area (Å²) in [6, 6.07) is 3.42. The van der Waals surface area contributed by atoms with Crippen molar-refractivity contribution in [2.45, 2.75) is 32.7 Å². The van der Waals surface area contributed by atoms with E-state index in [1.54, 1.807) is 12.1 Å². The number of nitrogens with zero attached hydrogens (tertiary/aromatic N) is 2. The molecule has 0 aliphatic carbocycles. The van der Waals surface area contributed by atoms with E-state index in [0.29, 0.717) is 17.5 Å². The molecule has 0 radical (unpaired) electrons. The zero-order chi connectivity index (χ0) is 16.0. The van der Waals surface area contributed by atoms with Gasteiger partial charge in [0.15, 0.2) is 0 Å². The summed E-state index contributed by atoms with van der Waals surface area (Å²) in [6.07, 6.45) is 2.15. The first-order chi connectivity index (χ1) is 9.90. The van der Waals surface area contributed by atoms with Crippen LogP contribution in [0.15, 0.2) is 12.1 Å². The molecule has 4 nitrogen and oxygen atoms in total. The molecule has 1 aromatic rings. The SMILES string of the molecule is CCC(CC)C(CNC(=O)c1nc(Cl)ccc1Cl)N(C)C. The zero-order valence-electron chi connectivity index (χ0n) is 13.0. The molecule has 21 heavy (non-hydrogen) atoms. The van der Waals surface area contributed by atoms with Crippen LogP contribution in [0.25, 0.3) is 0 Å². The predicted molar refractivity (Wildman–Crippen MR) is 88.1 cm³/mol. The van der Waals surface area contributed by atoms with E-state index in [0.717, 1.165) is 12.8 Å². The summed E-state index contributed by atoms with van der Waals surface area (Å²) in [5, 5.41) is 3.48. The summed E-state index contributed by atoms with van der Waals surface area (Å²) in [4.78, 5) is 18.3.